The molecule has 4 nitrogen and oxygen atoms in total. The lowest BCUT2D eigenvalue weighted by Crippen LogP contribution is -2.33. The molecular weight excluding hydrogens is 310 g/mol. The van der Waals surface area contributed by atoms with E-state index < -0.39 is 5.97 Å². The number of amides is 1. The van der Waals surface area contributed by atoms with Crippen LogP contribution in [0, 0.1) is 0 Å². The number of hydrogen-bond acceptors (Lipinski definition) is 4. The first-order valence-corrected chi connectivity index (χ1v) is 8.61. The van der Waals surface area contributed by atoms with Crippen LogP contribution in [-0.2, 0) is 16.0 Å². The summed E-state index contributed by atoms with van der Waals surface area (Å²) in [7, 11) is 0. The van der Waals surface area contributed by atoms with Crippen molar-refractivity contribution in [3.05, 3.63) is 59.7 Å². The zero-order chi connectivity index (χ0) is 16.2. The number of carbonyl (C=O) groups is 2. The van der Waals surface area contributed by atoms with Gasteiger partial charge in [-0.25, -0.2) is 4.79 Å². The summed E-state index contributed by atoms with van der Waals surface area (Å²) in [5.41, 5.74) is 2.56. The summed E-state index contributed by atoms with van der Waals surface area (Å²) in [6, 6.07) is 15.0. The molecule has 0 atom stereocenters. The first-order chi connectivity index (χ1) is 11.2. The van der Waals surface area contributed by atoms with Crippen molar-refractivity contribution in [3.63, 3.8) is 0 Å². The molecule has 0 spiro atoms. The first-order valence-electron chi connectivity index (χ1n) is 7.39. The molecule has 0 fully saturated rings. The van der Waals surface area contributed by atoms with Crippen molar-refractivity contribution in [2.24, 2.45) is 0 Å². The van der Waals surface area contributed by atoms with E-state index in [0.29, 0.717) is 12.1 Å². The number of anilines is 1. The number of benzene rings is 2. The smallest absolute Gasteiger partial charge is 0.339 e. The molecule has 5 heteroatoms. The summed E-state index contributed by atoms with van der Waals surface area (Å²) < 4.78 is 5.22. The lowest BCUT2D eigenvalue weighted by atomic mass is 10.2. The van der Waals surface area contributed by atoms with Crippen molar-refractivity contribution >= 4 is 29.3 Å². The van der Waals surface area contributed by atoms with Gasteiger partial charge in [0.05, 0.1) is 5.56 Å². The van der Waals surface area contributed by atoms with Crippen molar-refractivity contribution < 1.29 is 14.3 Å². The summed E-state index contributed by atoms with van der Waals surface area (Å²) in [5, 5.41) is 0. The highest BCUT2D eigenvalue weighted by Gasteiger charge is 2.25. The van der Waals surface area contributed by atoms with Crippen LogP contribution in [0.3, 0.4) is 0 Å². The van der Waals surface area contributed by atoms with Crippen molar-refractivity contribution in [2.75, 3.05) is 24.3 Å². The number of esters is 1. The third-order valence-corrected chi connectivity index (χ3v) is 4.64. The summed E-state index contributed by atoms with van der Waals surface area (Å²) in [5.74, 6) is -0.652. The fraction of sp³-hybridized carbons (Fsp3) is 0.222. The Bertz CT molecular complexity index is 745. The van der Waals surface area contributed by atoms with E-state index in [9.17, 15) is 9.59 Å². The maximum absolute atomic E-state index is 12.3. The van der Waals surface area contributed by atoms with Gasteiger partial charge in [0, 0.05) is 17.1 Å². The largest absolute Gasteiger partial charge is 0.452 e. The highest BCUT2D eigenvalue weighted by molar-refractivity contribution is 7.98. The maximum atomic E-state index is 12.3. The number of carbonyl (C=O) groups excluding carboxylic acids is 2. The molecule has 1 heterocycles. The fourth-order valence-electron chi connectivity index (χ4n) is 2.69. The second-order valence-corrected chi connectivity index (χ2v) is 6.05. The number of fused-ring (bicyclic) bond motifs is 1. The van der Waals surface area contributed by atoms with E-state index in [1.807, 2.05) is 42.7 Å². The van der Waals surface area contributed by atoms with Crippen molar-refractivity contribution in [3.8, 4) is 0 Å². The minimum Gasteiger partial charge on any atom is -0.452 e. The molecule has 0 N–H and O–H groups in total. The molecule has 23 heavy (non-hydrogen) atoms. The monoisotopic (exact) mass is 327 g/mol. The van der Waals surface area contributed by atoms with Crippen LogP contribution < -0.4 is 4.90 Å². The molecule has 2 aromatic carbocycles. The van der Waals surface area contributed by atoms with Crippen molar-refractivity contribution in [2.45, 2.75) is 11.3 Å². The average molecular weight is 327 g/mol. The minimum atomic E-state index is -0.462. The molecule has 0 bridgehead atoms. The summed E-state index contributed by atoms with van der Waals surface area (Å²) >= 11 is 1.48. The molecule has 0 aliphatic carbocycles. The lowest BCUT2D eigenvalue weighted by molar-refractivity contribution is -0.121. The minimum absolute atomic E-state index is 0.190. The number of thioether (sulfide) groups is 1. The predicted octanol–water partition coefficient (Wildman–Crippen LogP) is 3.15. The summed E-state index contributed by atoms with van der Waals surface area (Å²) in [4.78, 5) is 27.1. The second-order valence-electron chi connectivity index (χ2n) is 5.20. The van der Waals surface area contributed by atoms with E-state index in [1.54, 1.807) is 17.0 Å². The fourth-order valence-corrected chi connectivity index (χ4v) is 3.28. The van der Waals surface area contributed by atoms with Gasteiger partial charge < -0.3 is 9.64 Å². The topological polar surface area (TPSA) is 46.6 Å². The molecule has 0 unspecified atom stereocenters. The lowest BCUT2D eigenvalue weighted by Gasteiger charge is -2.17. The zero-order valence-electron chi connectivity index (χ0n) is 12.8. The summed E-state index contributed by atoms with van der Waals surface area (Å²) in [6.07, 6.45) is 2.74. The highest BCUT2D eigenvalue weighted by atomic mass is 32.2. The van der Waals surface area contributed by atoms with Gasteiger partial charge in [0.15, 0.2) is 6.61 Å². The van der Waals surface area contributed by atoms with Crippen molar-refractivity contribution in [1.82, 2.24) is 0 Å². The number of rotatable bonds is 4. The van der Waals surface area contributed by atoms with E-state index in [4.69, 9.17) is 4.74 Å². The molecule has 0 saturated heterocycles. The quantitative estimate of drug-likeness (QED) is 0.639. The molecule has 0 radical (unpaired) electrons. The van der Waals surface area contributed by atoms with E-state index in [0.717, 1.165) is 22.6 Å². The molecule has 0 saturated carbocycles. The Labute approximate surface area is 139 Å². The van der Waals surface area contributed by atoms with Crippen LogP contribution in [0.2, 0.25) is 0 Å². The van der Waals surface area contributed by atoms with Crippen LogP contribution in [-0.4, -0.2) is 31.3 Å². The van der Waals surface area contributed by atoms with Gasteiger partial charge in [0.2, 0.25) is 0 Å². The number of ether oxygens (including phenoxy) is 1. The number of hydrogen-bond donors (Lipinski definition) is 0. The summed E-state index contributed by atoms with van der Waals surface area (Å²) in [6.45, 7) is 0.396. The third kappa shape index (κ3) is 3.24. The van der Waals surface area contributed by atoms with Gasteiger partial charge in [-0.1, -0.05) is 30.3 Å². The third-order valence-electron chi connectivity index (χ3n) is 3.84. The molecule has 1 aliphatic heterocycles. The SMILES string of the molecule is CSc1ccccc1C(=O)OCC(=O)N1CCc2ccccc21. The first kappa shape index (κ1) is 15.6. The standard InChI is InChI=1S/C18H17NO3S/c1-23-16-9-5-3-7-14(16)18(21)22-12-17(20)19-11-10-13-6-2-4-8-15(13)19/h2-9H,10-12H2,1H3. The van der Waals surface area contributed by atoms with Crippen molar-refractivity contribution in [1.29, 1.82) is 0 Å². The Morgan fingerprint density at radius 1 is 1.13 bits per heavy atom. The predicted molar refractivity (Wildman–Crippen MR) is 91.0 cm³/mol. The van der Waals surface area contributed by atoms with Crippen LogP contribution in [0.4, 0.5) is 5.69 Å². The molecule has 118 valence electrons. The van der Waals surface area contributed by atoms with Gasteiger partial charge in [-0.15, -0.1) is 11.8 Å². The van der Waals surface area contributed by atoms with Gasteiger partial charge in [0.1, 0.15) is 0 Å². The molecular formula is C18H17NO3S. The van der Waals surface area contributed by atoms with Crippen LogP contribution in [0.15, 0.2) is 53.4 Å². The Morgan fingerprint density at radius 3 is 2.70 bits per heavy atom. The van der Waals surface area contributed by atoms with E-state index >= 15 is 0 Å². The molecule has 3 rings (SSSR count). The van der Waals surface area contributed by atoms with Crippen LogP contribution in [0.5, 0.6) is 0 Å². The second kappa shape index (κ2) is 6.87. The molecule has 2 aromatic rings. The van der Waals surface area contributed by atoms with Crippen LogP contribution >= 0.6 is 11.8 Å². The average Bonchev–Trinajstić information content (AvgIpc) is 3.03. The van der Waals surface area contributed by atoms with Gasteiger partial charge in [-0.05, 0) is 36.4 Å². The van der Waals surface area contributed by atoms with E-state index in [2.05, 4.69) is 0 Å². The molecule has 1 amide bonds. The Balaban J connectivity index is 1.65. The van der Waals surface area contributed by atoms with Crippen LogP contribution in [0.1, 0.15) is 15.9 Å². The number of para-hydroxylation sites is 1. The highest BCUT2D eigenvalue weighted by Crippen LogP contribution is 2.27. The van der Waals surface area contributed by atoms with Crippen LogP contribution in [0.25, 0.3) is 0 Å². The maximum Gasteiger partial charge on any atom is 0.339 e. The molecule has 0 aromatic heterocycles. The van der Waals surface area contributed by atoms with Gasteiger partial charge in [0.25, 0.3) is 5.91 Å². The van der Waals surface area contributed by atoms with Gasteiger partial charge in [-0.3, -0.25) is 4.79 Å². The van der Waals surface area contributed by atoms with Gasteiger partial charge >= 0.3 is 5.97 Å². The Kier molecular flexibility index (Phi) is 4.67. The number of nitrogens with zero attached hydrogens (tertiary/aromatic N) is 1. The Morgan fingerprint density at radius 2 is 1.87 bits per heavy atom. The zero-order valence-corrected chi connectivity index (χ0v) is 13.6. The molecule has 1 aliphatic rings. The normalized spacial score (nSPS) is 12.8. The Hall–Kier alpha value is -2.27. The van der Waals surface area contributed by atoms with E-state index in [1.165, 1.54) is 11.8 Å². The van der Waals surface area contributed by atoms with E-state index in [-0.39, 0.29) is 12.5 Å². The van der Waals surface area contributed by atoms with Gasteiger partial charge in [-0.2, -0.15) is 0 Å².